The number of benzene rings is 1. The molecule has 134 valence electrons. The van der Waals surface area contributed by atoms with Crippen molar-refractivity contribution in [2.24, 2.45) is 0 Å². The Hall–Kier alpha value is -2.51. The zero-order chi connectivity index (χ0) is 18.3. The number of morpholine rings is 1. The predicted octanol–water partition coefficient (Wildman–Crippen LogP) is 3.36. The Bertz CT molecular complexity index is 950. The molecular formula is C18H17ClN4O3. The van der Waals surface area contributed by atoms with Gasteiger partial charge in [-0.25, -0.2) is 9.97 Å². The van der Waals surface area contributed by atoms with Crippen LogP contribution in [0, 0.1) is 0 Å². The molecule has 1 aromatic carbocycles. The van der Waals surface area contributed by atoms with Gasteiger partial charge in [0.25, 0.3) is 0 Å². The van der Waals surface area contributed by atoms with Crippen LogP contribution >= 0.6 is 11.6 Å². The molecule has 0 saturated carbocycles. The highest BCUT2D eigenvalue weighted by atomic mass is 35.5. The lowest BCUT2D eigenvalue weighted by Gasteiger charge is -2.37. The normalized spacial score (nSPS) is 20.5. The molecule has 2 aromatic heterocycles. The predicted molar refractivity (Wildman–Crippen MR) is 97.7 cm³/mol. The molecule has 0 spiro atoms. The first kappa shape index (κ1) is 16.9. The van der Waals surface area contributed by atoms with E-state index in [4.69, 9.17) is 20.9 Å². The van der Waals surface area contributed by atoms with Crippen molar-refractivity contribution in [3.8, 4) is 11.3 Å². The molecule has 3 heterocycles. The molecule has 1 fully saturated rings. The quantitative estimate of drug-likeness (QED) is 0.652. The number of carbonyl (C=O) groups excluding carboxylic acids is 1. The van der Waals surface area contributed by atoms with Gasteiger partial charge in [-0.2, -0.15) is 0 Å². The van der Waals surface area contributed by atoms with E-state index in [1.54, 1.807) is 18.5 Å². The number of hydrogen-bond acceptors (Lipinski definition) is 7. The summed E-state index contributed by atoms with van der Waals surface area (Å²) < 4.78 is 11.3. The first-order valence-corrected chi connectivity index (χ1v) is 8.69. The van der Waals surface area contributed by atoms with Crippen LogP contribution < -0.4 is 4.90 Å². The van der Waals surface area contributed by atoms with Gasteiger partial charge >= 0.3 is 0 Å². The lowest BCUT2D eigenvalue weighted by atomic mass is 10.0. The Morgan fingerprint density at radius 1 is 1.23 bits per heavy atom. The van der Waals surface area contributed by atoms with Crippen LogP contribution in [0.15, 0.2) is 29.3 Å². The minimum atomic E-state index is 0.0387. The van der Waals surface area contributed by atoms with E-state index in [0.717, 1.165) is 6.29 Å². The number of aromatic nitrogens is 3. The summed E-state index contributed by atoms with van der Waals surface area (Å²) >= 11 is 6.65. The number of aldehydes is 1. The molecule has 0 radical (unpaired) electrons. The van der Waals surface area contributed by atoms with Gasteiger partial charge in [0.2, 0.25) is 0 Å². The summed E-state index contributed by atoms with van der Waals surface area (Å²) in [4.78, 5) is 21.9. The number of anilines is 1. The van der Waals surface area contributed by atoms with Crippen LogP contribution in [0.25, 0.3) is 22.2 Å². The number of rotatable bonds is 3. The lowest BCUT2D eigenvalue weighted by Crippen LogP contribution is -2.46. The minimum Gasteiger partial charge on any atom is -0.372 e. The van der Waals surface area contributed by atoms with Crippen molar-refractivity contribution in [3.63, 3.8) is 0 Å². The molecule has 0 amide bonds. The highest BCUT2D eigenvalue weighted by Gasteiger charge is 2.28. The summed E-state index contributed by atoms with van der Waals surface area (Å²) in [5.74, 6) is 0. The van der Waals surface area contributed by atoms with E-state index in [2.05, 4.69) is 20.0 Å². The molecule has 0 unspecified atom stereocenters. The highest BCUT2D eigenvalue weighted by Crippen LogP contribution is 2.40. The third kappa shape index (κ3) is 2.83. The fourth-order valence-corrected chi connectivity index (χ4v) is 3.81. The fraction of sp³-hybridized carbons (Fsp3) is 0.333. The molecule has 26 heavy (non-hydrogen) atoms. The summed E-state index contributed by atoms with van der Waals surface area (Å²) in [5.41, 5.74) is 2.84. The van der Waals surface area contributed by atoms with E-state index in [0.29, 0.717) is 51.6 Å². The third-order valence-electron chi connectivity index (χ3n) is 4.41. The summed E-state index contributed by atoms with van der Waals surface area (Å²) in [7, 11) is 0. The second-order valence-corrected chi connectivity index (χ2v) is 6.82. The first-order valence-electron chi connectivity index (χ1n) is 8.31. The summed E-state index contributed by atoms with van der Waals surface area (Å²) in [6, 6.07) is 1.76. The molecule has 4 rings (SSSR count). The van der Waals surface area contributed by atoms with Crippen LogP contribution in [0.2, 0.25) is 5.02 Å². The Labute approximate surface area is 154 Å². The average Bonchev–Trinajstić information content (AvgIpc) is 3.05. The molecule has 2 atom stereocenters. The van der Waals surface area contributed by atoms with E-state index in [1.165, 1.54) is 6.33 Å². The largest absolute Gasteiger partial charge is 0.372 e. The van der Waals surface area contributed by atoms with Crippen molar-refractivity contribution in [2.75, 3.05) is 18.0 Å². The molecule has 3 aromatic rings. The van der Waals surface area contributed by atoms with Crippen LogP contribution in [0.5, 0.6) is 0 Å². The summed E-state index contributed by atoms with van der Waals surface area (Å²) in [6.07, 6.45) is 5.60. The molecule has 1 saturated heterocycles. The van der Waals surface area contributed by atoms with E-state index in [1.807, 2.05) is 13.8 Å². The maximum absolute atomic E-state index is 11.8. The molecule has 1 aliphatic heterocycles. The van der Waals surface area contributed by atoms with Crippen molar-refractivity contribution in [1.82, 2.24) is 15.1 Å². The number of nitrogens with zero attached hydrogens (tertiary/aromatic N) is 4. The molecule has 0 N–H and O–H groups in total. The van der Waals surface area contributed by atoms with Gasteiger partial charge in [-0.3, -0.25) is 4.79 Å². The van der Waals surface area contributed by atoms with Gasteiger partial charge in [-0.15, -0.1) is 0 Å². The maximum Gasteiger partial charge on any atom is 0.188 e. The number of fused-ring (bicyclic) bond motifs is 1. The molecule has 8 heteroatoms. The third-order valence-corrected chi connectivity index (χ3v) is 4.76. The highest BCUT2D eigenvalue weighted by molar-refractivity contribution is 6.38. The molecule has 0 aliphatic carbocycles. The van der Waals surface area contributed by atoms with Gasteiger partial charge in [0.1, 0.15) is 17.0 Å². The smallest absolute Gasteiger partial charge is 0.188 e. The minimum absolute atomic E-state index is 0.0387. The van der Waals surface area contributed by atoms with E-state index in [9.17, 15) is 4.79 Å². The second-order valence-electron chi connectivity index (χ2n) is 6.44. The Balaban J connectivity index is 1.88. The topological polar surface area (TPSA) is 81.4 Å². The average molecular weight is 373 g/mol. The van der Waals surface area contributed by atoms with Crippen molar-refractivity contribution in [2.45, 2.75) is 26.1 Å². The number of halogens is 1. The van der Waals surface area contributed by atoms with Gasteiger partial charge in [0.05, 0.1) is 23.3 Å². The zero-order valence-electron chi connectivity index (χ0n) is 14.3. The van der Waals surface area contributed by atoms with E-state index >= 15 is 0 Å². The van der Waals surface area contributed by atoms with Crippen molar-refractivity contribution < 1.29 is 14.1 Å². The second kappa shape index (κ2) is 6.66. The Kier molecular flexibility index (Phi) is 4.34. The molecule has 0 bridgehead atoms. The van der Waals surface area contributed by atoms with Crippen LogP contribution in [0.4, 0.5) is 5.69 Å². The van der Waals surface area contributed by atoms with Gasteiger partial charge in [-0.1, -0.05) is 16.8 Å². The Morgan fingerprint density at radius 3 is 2.58 bits per heavy atom. The standard InChI is InChI=1S/C18H17ClN4O3/c1-10-6-23(7-11(2)25-10)17-12(8-24)3-14-16(13-4-20-9-21-5-13)22-26-18(14)15(17)19/h3-5,8-11H,6-7H2,1-2H3/t10-,11+. The molecule has 1 aliphatic rings. The van der Waals surface area contributed by atoms with Crippen LogP contribution in [0.3, 0.4) is 0 Å². The van der Waals surface area contributed by atoms with E-state index in [-0.39, 0.29) is 12.2 Å². The number of carbonyl (C=O) groups is 1. The van der Waals surface area contributed by atoms with Gasteiger partial charge < -0.3 is 14.2 Å². The summed E-state index contributed by atoms with van der Waals surface area (Å²) in [5, 5.41) is 5.15. The molecule has 7 nitrogen and oxygen atoms in total. The monoisotopic (exact) mass is 372 g/mol. The van der Waals surface area contributed by atoms with Crippen molar-refractivity contribution in [3.05, 3.63) is 35.4 Å². The first-order chi connectivity index (χ1) is 12.6. The zero-order valence-corrected chi connectivity index (χ0v) is 15.1. The maximum atomic E-state index is 11.8. The SMILES string of the molecule is C[C@@H]1CN(c2c(C=O)cc3c(-c4cncnc4)noc3c2Cl)C[C@H](C)O1. The van der Waals surface area contributed by atoms with Crippen molar-refractivity contribution in [1.29, 1.82) is 0 Å². The van der Waals surface area contributed by atoms with E-state index < -0.39 is 0 Å². The number of ether oxygens (including phenoxy) is 1. The van der Waals surface area contributed by atoms with Crippen LogP contribution in [-0.4, -0.2) is 46.7 Å². The lowest BCUT2D eigenvalue weighted by molar-refractivity contribution is -0.00524. The van der Waals surface area contributed by atoms with Gasteiger partial charge in [0, 0.05) is 36.6 Å². The van der Waals surface area contributed by atoms with Gasteiger partial charge in [0.15, 0.2) is 11.9 Å². The van der Waals surface area contributed by atoms with Gasteiger partial charge in [-0.05, 0) is 19.9 Å². The van der Waals surface area contributed by atoms with Crippen molar-refractivity contribution >= 4 is 34.5 Å². The van der Waals surface area contributed by atoms with Crippen LogP contribution in [0.1, 0.15) is 24.2 Å². The number of hydrogen-bond donors (Lipinski definition) is 0. The molecular weight excluding hydrogens is 356 g/mol. The Morgan fingerprint density at radius 2 is 1.92 bits per heavy atom. The fourth-order valence-electron chi connectivity index (χ4n) is 3.45. The van der Waals surface area contributed by atoms with Crippen LogP contribution in [-0.2, 0) is 4.74 Å². The summed E-state index contributed by atoms with van der Waals surface area (Å²) in [6.45, 7) is 5.28.